The number of unbranched alkanes of at least 4 members (excludes halogenated alkanes) is 6. The highest BCUT2D eigenvalue weighted by molar-refractivity contribution is 5.69. The lowest BCUT2D eigenvalue weighted by Gasteiger charge is -2.01. The van der Waals surface area contributed by atoms with E-state index < -0.39 is 0 Å². The minimum Gasteiger partial charge on any atom is -0.466 e. The molecule has 0 unspecified atom stereocenters. The first-order valence-electron chi connectivity index (χ1n) is 5.90. The second-order valence-electron chi connectivity index (χ2n) is 3.63. The maximum Gasteiger partial charge on any atom is 0.305 e. The standard InChI is InChI=1S/C12H22O3/c1-2-15-12(14)10-8-6-4-3-5-7-9-11-13/h11H,2-10H2,1H3. The number of ether oxygens (including phenoxy) is 1. The van der Waals surface area contributed by atoms with E-state index in [0.717, 1.165) is 44.8 Å². The van der Waals surface area contributed by atoms with Gasteiger partial charge in [0, 0.05) is 12.8 Å². The van der Waals surface area contributed by atoms with E-state index in [4.69, 9.17) is 4.74 Å². The third-order valence-electron chi connectivity index (χ3n) is 2.26. The predicted molar refractivity (Wildman–Crippen MR) is 59.6 cm³/mol. The molecule has 0 heterocycles. The molecule has 0 rings (SSSR count). The molecule has 0 aromatic carbocycles. The molecule has 0 radical (unpaired) electrons. The fourth-order valence-electron chi connectivity index (χ4n) is 1.44. The summed E-state index contributed by atoms with van der Waals surface area (Å²) in [5, 5.41) is 0. The quantitative estimate of drug-likeness (QED) is 0.319. The Labute approximate surface area is 92.2 Å². The van der Waals surface area contributed by atoms with E-state index in [1.807, 2.05) is 6.92 Å². The molecule has 3 nitrogen and oxygen atoms in total. The van der Waals surface area contributed by atoms with Crippen LogP contribution in [0.2, 0.25) is 0 Å². The minimum atomic E-state index is -0.0848. The van der Waals surface area contributed by atoms with Crippen molar-refractivity contribution in [2.24, 2.45) is 0 Å². The lowest BCUT2D eigenvalue weighted by molar-refractivity contribution is -0.143. The van der Waals surface area contributed by atoms with Gasteiger partial charge in [-0.3, -0.25) is 4.79 Å². The Balaban J connectivity index is 3.04. The molecule has 0 aliphatic rings. The lowest BCUT2D eigenvalue weighted by atomic mass is 10.1. The van der Waals surface area contributed by atoms with Gasteiger partial charge in [-0.1, -0.05) is 25.7 Å². The molecule has 0 amide bonds. The predicted octanol–water partition coefficient (Wildman–Crippen LogP) is 2.87. The van der Waals surface area contributed by atoms with Crippen LogP contribution in [0.25, 0.3) is 0 Å². The largest absolute Gasteiger partial charge is 0.466 e. The van der Waals surface area contributed by atoms with Gasteiger partial charge >= 0.3 is 5.97 Å². The molecule has 0 atom stereocenters. The van der Waals surface area contributed by atoms with Gasteiger partial charge in [-0.05, 0) is 19.8 Å². The van der Waals surface area contributed by atoms with Crippen LogP contribution in [0.5, 0.6) is 0 Å². The summed E-state index contributed by atoms with van der Waals surface area (Å²) in [6.07, 6.45) is 8.65. The van der Waals surface area contributed by atoms with Crippen molar-refractivity contribution in [3.05, 3.63) is 0 Å². The number of esters is 1. The Bertz CT molecular complexity index is 166. The van der Waals surface area contributed by atoms with Gasteiger partial charge in [-0.15, -0.1) is 0 Å². The van der Waals surface area contributed by atoms with Crippen molar-refractivity contribution in [1.82, 2.24) is 0 Å². The zero-order valence-electron chi connectivity index (χ0n) is 9.67. The second kappa shape index (κ2) is 11.2. The highest BCUT2D eigenvalue weighted by atomic mass is 16.5. The van der Waals surface area contributed by atoms with Crippen molar-refractivity contribution in [3.63, 3.8) is 0 Å². The van der Waals surface area contributed by atoms with Gasteiger partial charge in [0.25, 0.3) is 0 Å². The van der Waals surface area contributed by atoms with E-state index >= 15 is 0 Å². The van der Waals surface area contributed by atoms with Crippen LogP contribution < -0.4 is 0 Å². The zero-order valence-corrected chi connectivity index (χ0v) is 9.67. The zero-order chi connectivity index (χ0) is 11.4. The first kappa shape index (κ1) is 14.1. The summed E-state index contributed by atoms with van der Waals surface area (Å²) in [5.41, 5.74) is 0. The van der Waals surface area contributed by atoms with Crippen molar-refractivity contribution in [2.45, 2.75) is 58.3 Å². The van der Waals surface area contributed by atoms with E-state index in [1.54, 1.807) is 0 Å². The van der Waals surface area contributed by atoms with Gasteiger partial charge in [0.15, 0.2) is 0 Å². The number of carbonyl (C=O) groups is 2. The normalized spacial score (nSPS) is 9.93. The van der Waals surface area contributed by atoms with E-state index in [2.05, 4.69) is 0 Å². The van der Waals surface area contributed by atoms with Crippen LogP contribution in [0, 0.1) is 0 Å². The number of hydrogen-bond acceptors (Lipinski definition) is 3. The molecule has 0 spiro atoms. The molecule has 3 heteroatoms. The highest BCUT2D eigenvalue weighted by Gasteiger charge is 2.00. The topological polar surface area (TPSA) is 43.4 Å². The number of aldehydes is 1. The monoisotopic (exact) mass is 214 g/mol. The molecule has 88 valence electrons. The SMILES string of the molecule is CCOC(=O)CCCCCCCCC=O. The molecule has 0 aromatic rings. The first-order valence-corrected chi connectivity index (χ1v) is 5.90. The maximum absolute atomic E-state index is 11.0. The molecular formula is C12H22O3. The van der Waals surface area contributed by atoms with Crippen molar-refractivity contribution in [1.29, 1.82) is 0 Å². The van der Waals surface area contributed by atoms with Crippen LogP contribution in [0.4, 0.5) is 0 Å². The Morgan fingerprint density at radius 2 is 1.67 bits per heavy atom. The molecule has 15 heavy (non-hydrogen) atoms. The Hall–Kier alpha value is -0.860. The summed E-state index contributed by atoms with van der Waals surface area (Å²) in [7, 11) is 0. The van der Waals surface area contributed by atoms with Crippen molar-refractivity contribution < 1.29 is 14.3 Å². The summed E-state index contributed by atoms with van der Waals surface area (Å²) in [6, 6.07) is 0. The van der Waals surface area contributed by atoms with Crippen LogP contribution in [-0.4, -0.2) is 18.9 Å². The van der Waals surface area contributed by atoms with Gasteiger partial charge in [0.1, 0.15) is 6.29 Å². The Kier molecular flexibility index (Phi) is 10.6. The van der Waals surface area contributed by atoms with Gasteiger partial charge in [-0.25, -0.2) is 0 Å². The Morgan fingerprint density at radius 3 is 2.27 bits per heavy atom. The van der Waals surface area contributed by atoms with Crippen molar-refractivity contribution >= 4 is 12.3 Å². The van der Waals surface area contributed by atoms with E-state index in [9.17, 15) is 9.59 Å². The van der Waals surface area contributed by atoms with Gasteiger partial charge < -0.3 is 9.53 Å². The van der Waals surface area contributed by atoms with Crippen molar-refractivity contribution in [2.75, 3.05) is 6.61 Å². The van der Waals surface area contributed by atoms with Crippen LogP contribution in [-0.2, 0) is 14.3 Å². The summed E-state index contributed by atoms with van der Waals surface area (Å²) in [6.45, 7) is 2.30. The second-order valence-corrected chi connectivity index (χ2v) is 3.63. The van der Waals surface area contributed by atoms with Gasteiger partial charge in [-0.2, -0.15) is 0 Å². The van der Waals surface area contributed by atoms with E-state index in [-0.39, 0.29) is 5.97 Å². The summed E-state index contributed by atoms with van der Waals surface area (Å²) in [4.78, 5) is 21.0. The molecule has 0 aromatic heterocycles. The molecular weight excluding hydrogens is 192 g/mol. The first-order chi connectivity index (χ1) is 7.31. The maximum atomic E-state index is 11.0. The molecule has 0 fully saturated rings. The number of rotatable bonds is 10. The average molecular weight is 214 g/mol. The molecule has 0 bridgehead atoms. The molecule has 0 N–H and O–H groups in total. The van der Waals surface area contributed by atoms with Crippen LogP contribution in [0.3, 0.4) is 0 Å². The van der Waals surface area contributed by atoms with Gasteiger partial charge in [0.05, 0.1) is 6.61 Å². The van der Waals surface area contributed by atoms with E-state index in [0.29, 0.717) is 19.4 Å². The number of carbonyl (C=O) groups excluding carboxylic acids is 2. The summed E-state index contributed by atoms with van der Waals surface area (Å²) in [5.74, 6) is -0.0848. The fourth-order valence-corrected chi connectivity index (χ4v) is 1.44. The summed E-state index contributed by atoms with van der Waals surface area (Å²) >= 11 is 0. The minimum absolute atomic E-state index is 0.0848. The third kappa shape index (κ3) is 11.1. The summed E-state index contributed by atoms with van der Waals surface area (Å²) < 4.78 is 4.82. The molecule has 0 aliphatic carbocycles. The molecule has 0 saturated carbocycles. The van der Waals surface area contributed by atoms with E-state index in [1.165, 1.54) is 0 Å². The van der Waals surface area contributed by atoms with Gasteiger partial charge in [0.2, 0.25) is 0 Å². The van der Waals surface area contributed by atoms with Crippen LogP contribution in [0.15, 0.2) is 0 Å². The third-order valence-corrected chi connectivity index (χ3v) is 2.26. The average Bonchev–Trinajstić information content (AvgIpc) is 2.22. The fraction of sp³-hybridized carbons (Fsp3) is 0.833. The molecule has 0 saturated heterocycles. The highest BCUT2D eigenvalue weighted by Crippen LogP contribution is 2.08. The Morgan fingerprint density at radius 1 is 1.07 bits per heavy atom. The van der Waals surface area contributed by atoms with Crippen molar-refractivity contribution in [3.8, 4) is 0 Å². The lowest BCUT2D eigenvalue weighted by Crippen LogP contribution is -2.03. The smallest absolute Gasteiger partial charge is 0.305 e. The van der Waals surface area contributed by atoms with Crippen LogP contribution in [0.1, 0.15) is 58.3 Å². The molecule has 0 aliphatic heterocycles. The van der Waals surface area contributed by atoms with Crippen LogP contribution >= 0.6 is 0 Å². The number of hydrogen-bond donors (Lipinski definition) is 0.